The number of H-pyrrole nitrogens is 1. The summed E-state index contributed by atoms with van der Waals surface area (Å²) in [4.78, 5) is 16.5. The highest BCUT2D eigenvalue weighted by Gasteiger charge is 2.38. The molecule has 4 nitrogen and oxygen atoms in total. The zero-order valence-electron chi connectivity index (χ0n) is 12.4. The van der Waals surface area contributed by atoms with Crippen LogP contribution in [-0.4, -0.2) is 35.5 Å². The summed E-state index contributed by atoms with van der Waals surface area (Å²) in [6, 6.07) is 7.18. The Hall–Kier alpha value is -1.95. The zero-order chi connectivity index (χ0) is 15.7. The number of likely N-dealkylation sites (tertiary alicyclic amines) is 1. The molecule has 22 heavy (non-hydrogen) atoms. The molecule has 0 spiro atoms. The van der Waals surface area contributed by atoms with Crippen LogP contribution in [0.2, 0.25) is 0 Å². The Morgan fingerprint density at radius 1 is 1.36 bits per heavy atom. The lowest BCUT2D eigenvalue weighted by atomic mass is 10.1. The number of fused-ring (bicyclic) bond motifs is 1. The minimum atomic E-state index is -2.65. The van der Waals surface area contributed by atoms with Gasteiger partial charge in [0.05, 0.1) is 13.2 Å². The monoisotopic (exact) mass is 308 g/mol. The van der Waals surface area contributed by atoms with Crippen LogP contribution in [0, 0.1) is 0 Å². The molecule has 0 radical (unpaired) electrons. The molecule has 3 rings (SSSR count). The smallest absolute Gasteiger partial charge is 0.261 e. The van der Waals surface area contributed by atoms with Crippen molar-refractivity contribution >= 4 is 10.9 Å². The van der Waals surface area contributed by atoms with Gasteiger partial charge in [0, 0.05) is 36.0 Å². The van der Waals surface area contributed by atoms with Crippen LogP contribution in [0.1, 0.15) is 18.9 Å². The number of halogens is 2. The molecule has 0 unspecified atom stereocenters. The van der Waals surface area contributed by atoms with Crippen molar-refractivity contribution in [2.24, 2.45) is 0 Å². The minimum Gasteiger partial charge on any atom is -0.494 e. The number of pyridine rings is 1. The number of alkyl halides is 2. The number of ether oxygens (including phenoxy) is 1. The summed E-state index contributed by atoms with van der Waals surface area (Å²) in [5.41, 5.74) is 0.981. The highest BCUT2D eigenvalue weighted by molar-refractivity contribution is 5.80. The van der Waals surface area contributed by atoms with E-state index in [-0.39, 0.29) is 25.1 Å². The van der Waals surface area contributed by atoms with E-state index in [1.54, 1.807) is 23.1 Å². The van der Waals surface area contributed by atoms with E-state index in [0.717, 1.165) is 11.1 Å². The molecule has 118 valence electrons. The van der Waals surface area contributed by atoms with Gasteiger partial charge in [-0.05, 0) is 31.2 Å². The fourth-order valence-electron chi connectivity index (χ4n) is 2.79. The molecule has 1 saturated heterocycles. The maximum absolute atomic E-state index is 13.2. The van der Waals surface area contributed by atoms with Crippen molar-refractivity contribution in [3.63, 3.8) is 0 Å². The lowest BCUT2D eigenvalue weighted by Crippen LogP contribution is -2.27. The van der Waals surface area contributed by atoms with Crippen LogP contribution in [0.25, 0.3) is 10.9 Å². The molecule has 1 aromatic heterocycles. The number of aromatic nitrogens is 1. The molecule has 1 aromatic carbocycles. The average Bonchev–Trinajstić information content (AvgIpc) is 2.79. The maximum Gasteiger partial charge on any atom is 0.261 e. The van der Waals surface area contributed by atoms with Gasteiger partial charge in [-0.15, -0.1) is 0 Å². The van der Waals surface area contributed by atoms with E-state index in [1.807, 2.05) is 13.0 Å². The van der Waals surface area contributed by atoms with Crippen LogP contribution in [0.3, 0.4) is 0 Å². The predicted octanol–water partition coefficient (Wildman–Crippen LogP) is 2.77. The van der Waals surface area contributed by atoms with E-state index >= 15 is 0 Å². The van der Waals surface area contributed by atoms with E-state index < -0.39 is 5.92 Å². The van der Waals surface area contributed by atoms with Crippen molar-refractivity contribution < 1.29 is 13.5 Å². The lowest BCUT2D eigenvalue weighted by Gasteiger charge is -2.15. The topological polar surface area (TPSA) is 45.3 Å². The zero-order valence-corrected chi connectivity index (χ0v) is 12.4. The van der Waals surface area contributed by atoms with Gasteiger partial charge in [-0.2, -0.15) is 0 Å². The van der Waals surface area contributed by atoms with Gasteiger partial charge in [-0.1, -0.05) is 0 Å². The van der Waals surface area contributed by atoms with Crippen LogP contribution >= 0.6 is 0 Å². The molecule has 0 saturated carbocycles. The van der Waals surface area contributed by atoms with Gasteiger partial charge in [-0.25, -0.2) is 8.78 Å². The predicted molar refractivity (Wildman–Crippen MR) is 80.6 cm³/mol. The van der Waals surface area contributed by atoms with Gasteiger partial charge in [0.2, 0.25) is 0 Å². The summed E-state index contributed by atoms with van der Waals surface area (Å²) in [5, 5.41) is 0.839. The normalized spacial score (nSPS) is 18.0. The Bertz CT molecular complexity index is 742. The molecule has 0 bridgehead atoms. The molecule has 1 aliphatic heterocycles. The first-order valence-corrected chi connectivity index (χ1v) is 7.36. The third kappa shape index (κ3) is 3.11. The van der Waals surface area contributed by atoms with Crippen LogP contribution in [-0.2, 0) is 6.54 Å². The van der Waals surface area contributed by atoms with Crippen LogP contribution in [0.5, 0.6) is 5.75 Å². The molecule has 1 fully saturated rings. The van der Waals surface area contributed by atoms with Gasteiger partial charge in [0.15, 0.2) is 0 Å². The molecule has 6 heteroatoms. The molecule has 0 aliphatic carbocycles. The van der Waals surface area contributed by atoms with Gasteiger partial charge in [0.1, 0.15) is 5.75 Å². The Labute approximate surface area is 126 Å². The second-order valence-corrected chi connectivity index (χ2v) is 5.62. The molecule has 2 heterocycles. The summed E-state index contributed by atoms with van der Waals surface area (Å²) >= 11 is 0. The Morgan fingerprint density at radius 3 is 2.86 bits per heavy atom. The molecule has 2 aromatic rings. The van der Waals surface area contributed by atoms with Crippen molar-refractivity contribution in [2.45, 2.75) is 25.8 Å². The number of hydrogen-bond donors (Lipinski definition) is 1. The second kappa shape index (κ2) is 5.68. The van der Waals surface area contributed by atoms with Gasteiger partial charge >= 0.3 is 0 Å². The molecule has 1 aliphatic rings. The van der Waals surface area contributed by atoms with Gasteiger partial charge < -0.3 is 9.72 Å². The summed E-state index contributed by atoms with van der Waals surface area (Å²) < 4.78 is 31.9. The summed E-state index contributed by atoms with van der Waals surface area (Å²) in [6.45, 7) is 2.72. The van der Waals surface area contributed by atoms with Crippen LogP contribution in [0.4, 0.5) is 8.78 Å². The summed E-state index contributed by atoms with van der Waals surface area (Å²) in [5.74, 6) is -1.92. The van der Waals surface area contributed by atoms with Crippen molar-refractivity contribution in [3.8, 4) is 5.75 Å². The number of aromatic amines is 1. The van der Waals surface area contributed by atoms with Crippen molar-refractivity contribution in [3.05, 3.63) is 40.2 Å². The number of rotatable bonds is 4. The number of nitrogens with one attached hydrogen (secondary N) is 1. The van der Waals surface area contributed by atoms with Crippen molar-refractivity contribution in [1.29, 1.82) is 0 Å². The van der Waals surface area contributed by atoms with Gasteiger partial charge in [-0.3, -0.25) is 9.69 Å². The Balaban J connectivity index is 1.89. The first-order chi connectivity index (χ1) is 10.5. The quantitative estimate of drug-likeness (QED) is 0.944. The second-order valence-electron chi connectivity index (χ2n) is 5.62. The molecular weight excluding hydrogens is 290 g/mol. The van der Waals surface area contributed by atoms with Crippen molar-refractivity contribution in [1.82, 2.24) is 9.88 Å². The Morgan fingerprint density at radius 2 is 2.18 bits per heavy atom. The largest absolute Gasteiger partial charge is 0.494 e. The average molecular weight is 308 g/mol. The Kier molecular flexibility index (Phi) is 3.87. The summed E-state index contributed by atoms with van der Waals surface area (Å²) in [7, 11) is 0. The number of hydrogen-bond acceptors (Lipinski definition) is 3. The van der Waals surface area contributed by atoms with Crippen molar-refractivity contribution in [2.75, 3.05) is 19.7 Å². The molecule has 0 atom stereocenters. The highest BCUT2D eigenvalue weighted by atomic mass is 19.3. The SMILES string of the molecule is CCOc1ccc2[nH]c(=O)c(CN3CCC(F)(F)C3)cc2c1. The van der Waals surface area contributed by atoms with Gasteiger partial charge in [0.25, 0.3) is 11.5 Å². The molecule has 0 amide bonds. The third-order valence-electron chi connectivity index (χ3n) is 3.85. The molecule has 1 N–H and O–H groups in total. The maximum atomic E-state index is 13.2. The summed E-state index contributed by atoms with van der Waals surface area (Å²) in [6.07, 6.45) is -0.146. The number of nitrogens with zero attached hydrogens (tertiary/aromatic N) is 1. The first-order valence-electron chi connectivity index (χ1n) is 7.36. The van der Waals surface area contributed by atoms with E-state index in [4.69, 9.17) is 4.74 Å². The third-order valence-corrected chi connectivity index (χ3v) is 3.85. The fraction of sp³-hybridized carbons (Fsp3) is 0.438. The van der Waals surface area contributed by atoms with Crippen LogP contribution < -0.4 is 10.3 Å². The number of benzene rings is 1. The van der Waals surface area contributed by atoms with E-state index in [9.17, 15) is 13.6 Å². The molecular formula is C16H18F2N2O2. The first kappa shape index (κ1) is 15.0. The van der Waals surface area contributed by atoms with E-state index in [0.29, 0.717) is 24.2 Å². The van der Waals surface area contributed by atoms with E-state index in [2.05, 4.69) is 4.98 Å². The van der Waals surface area contributed by atoms with E-state index in [1.165, 1.54) is 0 Å². The lowest BCUT2D eigenvalue weighted by molar-refractivity contribution is 0.0115. The van der Waals surface area contributed by atoms with Crippen LogP contribution in [0.15, 0.2) is 29.1 Å². The highest BCUT2D eigenvalue weighted by Crippen LogP contribution is 2.28. The fourth-order valence-corrected chi connectivity index (χ4v) is 2.79. The minimum absolute atomic E-state index is 0.146. The standard InChI is InChI=1S/C16H18F2N2O2/c1-2-22-13-3-4-14-11(8-13)7-12(15(21)19-14)9-20-6-5-16(17,18)10-20/h3-4,7-8H,2,5-6,9-10H2,1H3,(H,19,21).